The van der Waals surface area contributed by atoms with Crippen LogP contribution in [0.2, 0.25) is 0 Å². The Bertz CT molecular complexity index is 917. The largest absolute Gasteiger partial charge is 0.478 e. The summed E-state index contributed by atoms with van der Waals surface area (Å²) in [7, 11) is 0. The van der Waals surface area contributed by atoms with E-state index in [1.807, 2.05) is 48.5 Å². The molecule has 4 heteroatoms. The van der Waals surface area contributed by atoms with Crippen molar-refractivity contribution in [3.63, 3.8) is 0 Å². The molecular weight excluding hydrogens is 334 g/mol. The molecule has 1 N–H and O–H groups in total. The van der Waals surface area contributed by atoms with Crippen LogP contribution >= 0.6 is 11.6 Å². The van der Waals surface area contributed by atoms with Gasteiger partial charge >= 0.3 is 5.97 Å². The number of carboxylic acid groups (broad SMARTS) is 1. The monoisotopic (exact) mass is 349 g/mol. The van der Waals surface area contributed by atoms with E-state index in [-0.39, 0.29) is 5.57 Å². The topological polar surface area (TPSA) is 40.5 Å². The molecule has 1 heterocycles. The van der Waals surface area contributed by atoms with Crippen LogP contribution in [0.1, 0.15) is 12.5 Å². The van der Waals surface area contributed by atoms with Crippen LogP contribution in [0.3, 0.4) is 0 Å². The molecule has 0 radical (unpaired) electrons. The minimum Gasteiger partial charge on any atom is -0.478 e. The minimum atomic E-state index is -1.02. The third-order valence-electron chi connectivity index (χ3n) is 3.92. The molecule has 3 rings (SSSR count). The van der Waals surface area contributed by atoms with Gasteiger partial charge in [-0.3, -0.25) is 0 Å². The lowest BCUT2D eigenvalue weighted by molar-refractivity contribution is -0.132. The number of anilines is 1. The molecule has 0 amide bonds. The molecule has 0 saturated heterocycles. The number of hydrogen-bond acceptors (Lipinski definition) is 2. The average Bonchev–Trinajstić information content (AvgIpc) is 2.63. The highest BCUT2D eigenvalue weighted by Gasteiger charge is 2.27. The molecule has 2 aromatic carbocycles. The van der Waals surface area contributed by atoms with E-state index in [1.165, 1.54) is 6.08 Å². The fraction of sp³-hybridized carbons (Fsp3) is 0.0952. The molecule has 3 nitrogen and oxygen atoms in total. The predicted molar refractivity (Wildman–Crippen MR) is 101 cm³/mol. The standard InChI is InChI=1S/C21H16ClNO2/c1-2-6-15-10-12-16(13-11-15)17-7-3-4-9-19(17)23-14-5-8-18(20(23)22)21(24)25/h3-5,7-14,20H,1H3,(H,24,25). The van der Waals surface area contributed by atoms with Gasteiger partial charge in [0.1, 0.15) is 5.50 Å². The van der Waals surface area contributed by atoms with Crippen molar-refractivity contribution >= 4 is 23.3 Å². The third kappa shape index (κ3) is 3.45. The Morgan fingerprint density at radius 1 is 1.16 bits per heavy atom. The molecule has 1 aliphatic heterocycles. The number of carbonyl (C=O) groups is 1. The molecule has 25 heavy (non-hydrogen) atoms. The number of nitrogens with zero attached hydrogens (tertiary/aromatic N) is 1. The van der Waals surface area contributed by atoms with Crippen molar-refractivity contribution in [1.82, 2.24) is 0 Å². The van der Waals surface area contributed by atoms with Crippen molar-refractivity contribution in [3.8, 4) is 23.0 Å². The van der Waals surface area contributed by atoms with E-state index in [2.05, 4.69) is 11.8 Å². The van der Waals surface area contributed by atoms with Crippen molar-refractivity contribution in [1.29, 1.82) is 0 Å². The quantitative estimate of drug-likeness (QED) is 0.499. The summed E-state index contributed by atoms with van der Waals surface area (Å²) >= 11 is 6.41. The fourth-order valence-electron chi connectivity index (χ4n) is 2.74. The second kappa shape index (κ2) is 7.29. The number of benzene rings is 2. The first-order chi connectivity index (χ1) is 12.1. The highest BCUT2D eigenvalue weighted by atomic mass is 35.5. The van der Waals surface area contributed by atoms with E-state index >= 15 is 0 Å². The number of aliphatic carboxylic acids is 1. The predicted octanol–water partition coefficient (Wildman–Crippen LogP) is 4.63. The zero-order valence-electron chi connectivity index (χ0n) is 13.6. The van der Waals surface area contributed by atoms with Crippen LogP contribution in [0.5, 0.6) is 0 Å². The molecule has 0 aromatic heterocycles. The molecule has 0 spiro atoms. The summed E-state index contributed by atoms with van der Waals surface area (Å²) < 4.78 is 0. The number of rotatable bonds is 3. The zero-order valence-corrected chi connectivity index (χ0v) is 14.4. The van der Waals surface area contributed by atoms with Crippen LogP contribution in [0, 0.1) is 11.8 Å². The molecule has 1 unspecified atom stereocenters. The summed E-state index contributed by atoms with van der Waals surface area (Å²) in [4.78, 5) is 13.1. The zero-order chi connectivity index (χ0) is 17.8. The van der Waals surface area contributed by atoms with Gasteiger partial charge in [-0.15, -0.1) is 5.92 Å². The first-order valence-electron chi connectivity index (χ1n) is 7.78. The molecular formula is C21H16ClNO2. The Hall–Kier alpha value is -2.96. The van der Waals surface area contributed by atoms with Gasteiger partial charge < -0.3 is 10.0 Å². The van der Waals surface area contributed by atoms with Gasteiger partial charge in [-0.25, -0.2) is 4.79 Å². The van der Waals surface area contributed by atoms with E-state index in [1.54, 1.807) is 24.1 Å². The summed E-state index contributed by atoms with van der Waals surface area (Å²) in [6.45, 7) is 1.81. The first kappa shape index (κ1) is 16.9. The van der Waals surface area contributed by atoms with Crippen LogP contribution in [-0.2, 0) is 4.79 Å². The molecule has 2 aromatic rings. The van der Waals surface area contributed by atoms with Crippen LogP contribution in [0.25, 0.3) is 11.1 Å². The van der Waals surface area contributed by atoms with Crippen molar-refractivity contribution in [3.05, 3.63) is 78.0 Å². The molecule has 0 aliphatic carbocycles. The lowest BCUT2D eigenvalue weighted by Crippen LogP contribution is -2.32. The highest BCUT2D eigenvalue weighted by molar-refractivity contribution is 6.27. The molecule has 0 fully saturated rings. The summed E-state index contributed by atoms with van der Waals surface area (Å²) in [5.74, 6) is 4.89. The normalized spacial score (nSPS) is 16.0. The van der Waals surface area contributed by atoms with Crippen molar-refractivity contribution in [2.24, 2.45) is 0 Å². The van der Waals surface area contributed by atoms with Gasteiger partial charge in [-0.2, -0.15) is 0 Å². The van der Waals surface area contributed by atoms with Crippen molar-refractivity contribution < 1.29 is 9.90 Å². The number of carboxylic acids is 1. The number of alkyl halides is 1. The van der Waals surface area contributed by atoms with E-state index in [0.29, 0.717) is 0 Å². The van der Waals surface area contributed by atoms with Crippen LogP contribution in [-0.4, -0.2) is 16.6 Å². The molecule has 124 valence electrons. The SMILES string of the molecule is CC#Cc1ccc(-c2ccccc2N2C=CC=C(C(=O)O)C2Cl)cc1. The second-order valence-corrected chi connectivity index (χ2v) is 5.89. The summed E-state index contributed by atoms with van der Waals surface area (Å²) in [5.41, 5.74) is 3.16. The Labute approximate surface area is 151 Å². The molecule has 0 saturated carbocycles. The van der Waals surface area contributed by atoms with Crippen molar-refractivity contribution in [2.75, 3.05) is 4.90 Å². The van der Waals surface area contributed by atoms with Gasteiger partial charge in [0, 0.05) is 17.3 Å². The van der Waals surface area contributed by atoms with E-state index in [0.717, 1.165) is 22.4 Å². The minimum absolute atomic E-state index is 0.146. The number of allylic oxidation sites excluding steroid dienone is 2. The van der Waals surface area contributed by atoms with Gasteiger partial charge in [0.25, 0.3) is 0 Å². The number of halogens is 1. The smallest absolute Gasteiger partial charge is 0.334 e. The summed E-state index contributed by atoms with van der Waals surface area (Å²) in [6.07, 6.45) is 5.01. The Kier molecular flexibility index (Phi) is 4.92. The summed E-state index contributed by atoms with van der Waals surface area (Å²) in [5, 5.41) is 9.31. The van der Waals surface area contributed by atoms with Crippen LogP contribution in [0.15, 0.2) is 72.5 Å². The van der Waals surface area contributed by atoms with E-state index in [9.17, 15) is 9.90 Å². The van der Waals surface area contributed by atoms with Gasteiger partial charge in [0.05, 0.1) is 11.3 Å². The maximum atomic E-state index is 11.4. The Morgan fingerprint density at radius 3 is 2.56 bits per heavy atom. The average molecular weight is 350 g/mol. The van der Waals surface area contributed by atoms with Gasteiger partial charge in [0.15, 0.2) is 0 Å². The molecule has 0 bridgehead atoms. The van der Waals surface area contributed by atoms with E-state index in [4.69, 9.17) is 11.6 Å². The highest BCUT2D eigenvalue weighted by Crippen LogP contribution is 2.35. The summed E-state index contributed by atoms with van der Waals surface area (Å²) in [6, 6.07) is 15.7. The lowest BCUT2D eigenvalue weighted by Gasteiger charge is -2.30. The number of para-hydroxylation sites is 1. The second-order valence-electron chi connectivity index (χ2n) is 5.48. The van der Waals surface area contributed by atoms with Crippen LogP contribution < -0.4 is 4.90 Å². The fourth-order valence-corrected chi connectivity index (χ4v) is 3.08. The maximum absolute atomic E-state index is 11.4. The van der Waals surface area contributed by atoms with Gasteiger partial charge in [0.2, 0.25) is 0 Å². The van der Waals surface area contributed by atoms with Gasteiger partial charge in [-0.1, -0.05) is 47.9 Å². The molecule has 1 aliphatic rings. The van der Waals surface area contributed by atoms with Gasteiger partial charge in [-0.05, 0) is 42.8 Å². The van der Waals surface area contributed by atoms with Crippen LogP contribution in [0.4, 0.5) is 5.69 Å². The molecule has 1 atom stereocenters. The first-order valence-corrected chi connectivity index (χ1v) is 8.22. The van der Waals surface area contributed by atoms with Crippen molar-refractivity contribution in [2.45, 2.75) is 12.4 Å². The Balaban J connectivity index is 2.02. The number of hydrogen-bond donors (Lipinski definition) is 1. The Morgan fingerprint density at radius 2 is 1.88 bits per heavy atom. The maximum Gasteiger partial charge on any atom is 0.334 e. The third-order valence-corrected chi connectivity index (χ3v) is 4.36. The lowest BCUT2D eigenvalue weighted by atomic mass is 10.0. The van der Waals surface area contributed by atoms with E-state index < -0.39 is 11.5 Å².